The van der Waals surface area contributed by atoms with Gasteiger partial charge in [-0.3, -0.25) is 4.79 Å². The number of aryl methyl sites for hydroxylation is 1. The molecule has 0 radical (unpaired) electrons. The van der Waals surface area contributed by atoms with Crippen LogP contribution in [0.1, 0.15) is 35.7 Å². The Kier molecular flexibility index (Phi) is 2.80. The quantitative estimate of drug-likeness (QED) is 0.719. The summed E-state index contributed by atoms with van der Waals surface area (Å²) in [6.07, 6.45) is 1.60. The highest BCUT2D eigenvalue weighted by atomic mass is 19.1. The largest absolute Gasteiger partial charge is 0.367 e. The zero-order valence-electron chi connectivity index (χ0n) is 9.55. The molecule has 1 aromatic rings. The number of ether oxygens (including phenoxy) is 1. The number of carbonyl (C=O) groups excluding carboxylic acids is 1. The van der Waals surface area contributed by atoms with Crippen LogP contribution in [0.2, 0.25) is 0 Å². The first-order valence-corrected chi connectivity index (χ1v) is 5.47. The van der Waals surface area contributed by atoms with Crippen LogP contribution in [0, 0.1) is 12.7 Å². The standard InChI is InChI=1S/C13H15FO2/c1-9-6-10(8-11(14)7-9)12(15)13(2)4-3-5-16-13/h6-8H,3-5H2,1-2H3. The van der Waals surface area contributed by atoms with Crippen LogP contribution in [0.4, 0.5) is 4.39 Å². The Balaban J connectivity index is 2.33. The lowest BCUT2D eigenvalue weighted by Gasteiger charge is -2.21. The number of carbonyl (C=O) groups is 1. The molecular formula is C13H15FO2. The monoisotopic (exact) mass is 222 g/mol. The summed E-state index contributed by atoms with van der Waals surface area (Å²) in [5.74, 6) is -0.488. The molecule has 0 amide bonds. The zero-order chi connectivity index (χ0) is 11.8. The maximum atomic E-state index is 13.2. The second kappa shape index (κ2) is 3.98. The SMILES string of the molecule is Cc1cc(F)cc(C(=O)C2(C)CCCO2)c1. The minimum absolute atomic E-state index is 0.118. The van der Waals surface area contributed by atoms with Gasteiger partial charge in [0.1, 0.15) is 11.4 Å². The summed E-state index contributed by atoms with van der Waals surface area (Å²) >= 11 is 0. The molecule has 0 spiro atoms. The van der Waals surface area contributed by atoms with Crippen LogP contribution in [0.25, 0.3) is 0 Å². The van der Waals surface area contributed by atoms with E-state index in [4.69, 9.17) is 4.74 Å². The molecule has 3 heteroatoms. The van der Waals surface area contributed by atoms with Crippen molar-refractivity contribution in [3.8, 4) is 0 Å². The van der Waals surface area contributed by atoms with E-state index in [9.17, 15) is 9.18 Å². The van der Waals surface area contributed by atoms with Gasteiger partial charge in [-0.05, 0) is 50.5 Å². The van der Waals surface area contributed by atoms with Crippen molar-refractivity contribution in [3.63, 3.8) is 0 Å². The van der Waals surface area contributed by atoms with Gasteiger partial charge < -0.3 is 4.74 Å². The number of halogens is 1. The van der Waals surface area contributed by atoms with Crippen LogP contribution < -0.4 is 0 Å². The average molecular weight is 222 g/mol. The van der Waals surface area contributed by atoms with E-state index in [-0.39, 0.29) is 11.6 Å². The summed E-state index contributed by atoms with van der Waals surface area (Å²) < 4.78 is 18.7. The highest BCUT2D eigenvalue weighted by molar-refractivity contribution is 6.02. The molecule has 16 heavy (non-hydrogen) atoms. The second-order valence-corrected chi connectivity index (χ2v) is 4.53. The molecule has 0 saturated carbocycles. The molecule has 2 nitrogen and oxygen atoms in total. The van der Waals surface area contributed by atoms with Crippen molar-refractivity contribution in [2.45, 2.75) is 32.3 Å². The van der Waals surface area contributed by atoms with Crippen molar-refractivity contribution in [2.24, 2.45) is 0 Å². The smallest absolute Gasteiger partial charge is 0.194 e. The highest BCUT2D eigenvalue weighted by Gasteiger charge is 2.38. The van der Waals surface area contributed by atoms with E-state index in [1.54, 1.807) is 19.9 Å². The summed E-state index contributed by atoms with van der Waals surface area (Å²) in [5, 5.41) is 0. The first-order chi connectivity index (χ1) is 7.51. The van der Waals surface area contributed by atoms with Gasteiger partial charge in [-0.15, -0.1) is 0 Å². The van der Waals surface area contributed by atoms with Crippen LogP contribution in [0.5, 0.6) is 0 Å². The van der Waals surface area contributed by atoms with Gasteiger partial charge in [-0.2, -0.15) is 0 Å². The number of hydrogen-bond donors (Lipinski definition) is 0. The van der Waals surface area contributed by atoms with Crippen molar-refractivity contribution >= 4 is 5.78 Å². The van der Waals surface area contributed by atoms with E-state index in [1.165, 1.54) is 12.1 Å². The van der Waals surface area contributed by atoms with E-state index in [0.29, 0.717) is 18.6 Å². The number of hydrogen-bond acceptors (Lipinski definition) is 2. The minimum atomic E-state index is -0.764. The van der Waals surface area contributed by atoms with Crippen molar-refractivity contribution in [1.82, 2.24) is 0 Å². The molecule has 0 aliphatic carbocycles. The maximum absolute atomic E-state index is 13.2. The molecule has 2 rings (SSSR count). The van der Waals surface area contributed by atoms with Gasteiger partial charge in [-0.25, -0.2) is 4.39 Å². The Hall–Kier alpha value is -1.22. The molecule has 1 fully saturated rings. The van der Waals surface area contributed by atoms with Gasteiger partial charge >= 0.3 is 0 Å². The summed E-state index contributed by atoms with van der Waals surface area (Å²) in [6, 6.07) is 4.40. The summed E-state index contributed by atoms with van der Waals surface area (Å²) in [6.45, 7) is 4.16. The van der Waals surface area contributed by atoms with E-state index in [1.807, 2.05) is 0 Å². The Labute approximate surface area is 94.4 Å². The fourth-order valence-corrected chi connectivity index (χ4v) is 2.13. The van der Waals surface area contributed by atoms with Crippen molar-refractivity contribution in [2.75, 3.05) is 6.61 Å². The van der Waals surface area contributed by atoms with E-state index < -0.39 is 5.60 Å². The molecule has 0 aromatic heterocycles. The number of ketones is 1. The van der Waals surface area contributed by atoms with Gasteiger partial charge in [0.25, 0.3) is 0 Å². The molecule has 1 aromatic carbocycles. The van der Waals surface area contributed by atoms with Crippen LogP contribution in [-0.4, -0.2) is 18.0 Å². The fourth-order valence-electron chi connectivity index (χ4n) is 2.13. The molecular weight excluding hydrogens is 207 g/mol. The highest BCUT2D eigenvalue weighted by Crippen LogP contribution is 2.29. The fraction of sp³-hybridized carbons (Fsp3) is 0.462. The third-order valence-electron chi connectivity index (χ3n) is 3.00. The van der Waals surface area contributed by atoms with Gasteiger partial charge in [0.2, 0.25) is 0 Å². The Bertz CT molecular complexity index is 400. The first-order valence-electron chi connectivity index (χ1n) is 5.47. The minimum Gasteiger partial charge on any atom is -0.367 e. The van der Waals surface area contributed by atoms with E-state index in [0.717, 1.165) is 12.0 Å². The van der Waals surface area contributed by atoms with Crippen LogP contribution in [-0.2, 0) is 4.74 Å². The summed E-state index contributed by atoms with van der Waals surface area (Å²) in [7, 11) is 0. The van der Waals surface area contributed by atoms with Gasteiger partial charge in [0, 0.05) is 12.2 Å². The zero-order valence-corrected chi connectivity index (χ0v) is 9.55. The lowest BCUT2D eigenvalue weighted by molar-refractivity contribution is 0.0213. The Morgan fingerprint density at radius 1 is 1.44 bits per heavy atom. The third kappa shape index (κ3) is 2.00. The number of Topliss-reactive ketones (excluding diaryl/α,β-unsaturated/α-hetero) is 1. The normalized spacial score (nSPS) is 24.7. The summed E-state index contributed by atoms with van der Waals surface area (Å²) in [4.78, 5) is 12.2. The first kappa shape index (κ1) is 11.3. The molecule has 1 atom stereocenters. The molecule has 86 valence electrons. The van der Waals surface area contributed by atoms with Crippen LogP contribution in [0.3, 0.4) is 0 Å². The van der Waals surface area contributed by atoms with Crippen LogP contribution in [0.15, 0.2) is 18.2 Å². The number of benzene rings is 1. The average Bonchev–Trinajstić information content (AvgIpc) is 2.64. The maximum Gasteiger partial charge on any atom is 0.194 e. The lowest BCUT2D eigenvalue weighted by Crippen LogP contribution is -2.34. The molecule has 1 saturated heterocycles. The summed E-state index contributed by atoms with van der Waals surface area (Å²) in [5.41, 5.74) is 0.395. The molecule has 1 heterocycles. The number of rotatable bonds is 2. The van der Waals surface area contributed by atoms with Crippen molar-refractivity contribution in [1.29, 1.82) is 0 Å². The lowest BCUT2D eigenvalue weighted by atomic mass is 9.91. The van der Waals surface area contributed by atoms with E-state index in [2.05, 4.69) is 0 Å². The molecule has 1 unspecified atom stereocenters. The topological polar surface area (TPSA) is 26.3 Å². The molecule has 0 N–H and O–H groups in total. The van der Waals surface area contributed by atoms with Gasteiger partial charge in [-0.1, -0.05) is 0 Å². The Morgan fingerprint density at radius 2 is 2.19 bits per heavy atom. The van der Waals surface area contributed by atoms with Crippen molar-refractivity contribution in [3.05, 3.63) is 35.1 Å². The van der Waals surface area contributed by atoms with Gasteiger partial charge in [0.15, 0.2) is 5.78 Å². The predicted molar refractivity (Wildman–Crippen MR) is 59.1 cm³/mol. The Morgan fingerprint density at radius 3 is 2.75 bits per heavy atom. The van der Waals surface area contributed by atoms with Gasteiger partial charge in [0.05, 0.1) is 0 Å². The van der Waals surface area contributed by atoms with E-state index >= 15 is 0 Å². The molecule has 1 aliphatic heterocycles. The molecule has 1 aliphatic rings. The second-order valence-electron chi connectivity index (χ2n) is 4.53. The predicted octanol–water partition coefficient (Wildman–Crippen LogP) is 2.89. The molecule has 0 bridgehead atoms. The van der Waals surface area contributed by atoms with Crippen LogP contribution >= 0.6 is 0 Å². The van der Waals surface area contributed by atoms with Crippen molar-refractivity contribution < 1.29 is 13.9 Å². The third-order valence-corrected chi connectivity index (χ3v) is 3.00.